The molecule has 0 unspecified atom stereocenters. The van der Waals surface area contributed by atoms with Crippen molar-refractivity contribution in [2.45, 2.75) is 38.9 Å². The Morgan fingerprint density at radius 2 is 1.59 bits per heavy atom. The van der Waals surface area contributed by atoms with E-state index in [-0.39, 0.29) is 18.5 Å². The minimum absolute atomic E-state index is 0.136. The van der Waals surface area contributed by atoms with Gasteiger partial charge in [0, 0.05) is 0 Å². The Balaban J connectivity index is 1.69. The topological polar surface area (TPSA) is 121 Å². The summed E-state index contributed by atoms with van der Waals surface area (Å²) in [6.45, 7) is 3.98. The molecular weight excluding hydrogens is 408 g/mol. The molecule has 2 aromatic carbocycles. The van der Waals surface area contributed by atoms with Crippen molar-refractivity contribution in [3.8, 4) is 0 Å². The van der Waals surface area contributed by atoms with Crippen LogP contribution in [0.1, 0.15) is 43.1 Å². The van der Waals surface area contributed by atoms with Gasteiger partial charge in [0.1, 0.15) is 17.8 Å². The quantitative estimate of drug-likeness (QED) is 0.304. The highest BCUT2D eigenvalue weighted by Crippen LogP contribution is 2.25. The lowest BCUT2D eigenvalue weighted by molar-refractivity contribution is -0.131. The SMILES string of the molecule is CC(C)C[C@H](NC(=O)NCc1cn(C(c2ccccc2)c2ccccc2)nn1)C(=O)NO. The predicted molar refractivity (Wildman–Crippen MR) is 119 cm³/mol. The summed E-state index contributed by atoms with van der Waals surface area (Å²) in [5, 5.41) is 22.6. The zero-order valence-electron chi connectivity index (χ0n) is 18.1. The molecule has 3 rings (SSSR count). The highest BCUT2D eigenvalue weighted by atomic mass is 16.5. The van der Waals surface area contributed by atoms with Crippen LogP contribution in [0.2, 0.25) is 0 Å². The molecule has 32 heavy (non-hydrogen) atoms. The molecule has 9 heteroatoms. The zero-order valence-corrected chi connectivity index (χ0v) is 18.1. The minimum Gasteiger partial charge on any atom is -0.332 e. The first-order valence-electron chi connectivity index (χ1n) is 10.5. The Labute approximate surface area is 186 Å². The van der Waals surface area contributed by atoms with Crippen LogP contribution in [-0.4, -0.2) is 38.2 Å². The second-order valence-electron chi connectivity index (χ2n) is 7.90. The number of amides is 3. The Morgan fingerprint density at radius 3 is 2.12 bits per heavy atom. The molecule has 0 aliphatic rings. The van der Waals surface area contributed by atoms with Crippen LogP contribution >= 0.6 is 0 Å². The van der Waals surface area contributed by atoms with Gasteiger partial charge >= 0.3 is 6.03 Å². The lowest BCUT2D eigenvalue weighted by Gasteiger charge is -2.18. The van der Waals surface area contributed by atoms with Crippen LogP contribution in [0.25, 0.3) is 0 Å². The number of rotatable bonds is 9. The highest BCUT2D eigenvalue weighted by Gasteiger charge is 2.22. The zero-order chi connectivity index (χ0) is 22.9. The second kappa shape index (κ2) is 11.1. The number of carbonyl (C=O) groups is 2. The third-order valence-electron chi connectivity index (χ3n) is 4.92. The minimum atomic E-state index is -0.837. The lowest BCUT2D eigenvalue weighted by Crippen LogP contribution is -2.49. The van der Waals surface area contributed by atoms with Crippen molar-refractivity contribution >= 4 is 11.9 Å². The molecule has 4 N–H and O–H groups in total. The van der Waals surface area contributed by atoms with Gasteiger partial charge in [-0.05, 0) is 23.5 Å². The Hall–Kier alpha value is -3.72. The Kier molecular flexibility index (Phi) is 7.93. The largest absolute Gasteiger partial charge is 0.332 e. The van der Waals surface area contributed by atoms with Crippen LogP contribution in [0.5, 0.6) is 0 Å². The van der Waals surface area contributed by atoms with E-state index < -0.39 is 18.0 Å². The van der Waals surface area contributed by atoms with Crippen molar-refractivity contribution in [1.29, 1.82) is 0 Å². The fraction of sp³-hybridized carbons (Fsp3) is 0.304. The molecule has 0 bridgehead atoms. The third-order valence-corrected chi connectivity index (χ3v) is 4.92. The normalized spacial score (nSPS) is 11.9. The molecule has 168 valence electrons. The summed E-state index contributed by atoms with van der Waals surface area (Å²) in [7, 11) is 0. The molecule has 1 atom stereocenters. The van der Waals surface area contributed by atoms with E-state index in [2.05, 4.69) is 20.9 Å². The Bertz CT molecular complexity index is 967. The molecule has 0 fully saturated rings. The van der Waals surface area contributed by atoms with E-state index in [1.54, 1.807) is 16.4 Å². The molecule has 0 aliphatic heterocycles. The number of benzene rings is 2. The maximum atomic E-state index is 12.3. The van der Waals surface area contributed by atoms with E-state index in [1.165, 1.54) is 0 Å². The van der Waals surface area contributed by atoms with Crippen LogP contribution in [0.15, 0.2) is 66.9 Å². The first kappa shape index (κ1) is 23.0. The van der Waals surface area contributed by atoms with Gasteiger partial charge in [0.2, 0.25) is 0 Å². The highest BCUT2D eigenvalue weighted by molar-refractivity contribution is 5.86. The molecule has 0 radical (unpaired) electrons. The maximum Gasteiger partial charge on any atom is 0.315 e. The first-order chi connectivity index (χ1) is 15.5. The van der Waals surface area contributed by atoms with Crippen molar-refractivity contribution in [1.82, 2.24) is 31.1 Å². The molecule has 0 aliphatic carbocycles. The standard InChI is InChI=1S/C23H28N6O3/c1-16(2)13-20(22(30)27-32)25-23(31)24-14-19-15-29(28-26-19)21(17-9-5-3-6-10-17)18-11-7-4-8-12-18/h3-12,15-16,20-21,32H,13-14H2,1-2H3,(H,27,30)(H2,24,25,31)/t20-/m0/s1. The predicted octanol–water partition coefficient (Wildman–Crippen LogP) is 2.64. The van der Waals surface area contributed by atoms with Gasteiger partial charge in [0.05, 0.1) is 12.7 Å². The number of hydrogen-bond acceptors (Lipinski definition) is 5. The smallest absolute Gasteiger partial charge is 0.315 e. The second-order valence-corrected chi connectivity index (χ2v) is 7.90. The maximum absolute atomic E-state index is 12.3. The molecular formula is C23H28N6O3. The summed E-state index contributed by atoms with van der Waals surface area (Å²) < 4.78 is 1.76. The summed E-state index contributed by atoms with van der Waals surface area (Å²) in [5.41, 5.74) is 4.29. The molecule has 0 saturated heterocycles. The van der Waals surface area contributed by atoms with Crippen molar-refractivity contribution in [2.75, 3.05) is 0 Å². The van der Waals surface area contributed by atoms with Gasteiger partial charge in [0.15, 0.2) is 0 Å². The van der Waals surface area contributed by atoms with Gasteiger partial charge in [-0.2, -0.15) is 0 Å². The van der Waals surface area contributed by atoms with Crippen LogP contribution in [-0.2, 0) is 11.3 Å². The summed E-state index contributed by atoms with van der Waals surface area (Å²) in [5.74, 6) is -0.501. The average molecular weight is 437 g/mol. The van der Waals surface area contributed by atoms with Gasteiger partial charge < -0.3 is 10.6 Å². The molecule has 1 aromatic heterocycles. The van der Waals surface area contributed by atoms with Gasteiger partial charge in [-0.25, -0.2) is 15.0 Å². The number of urea groups is 1. The summed E-state index contributed by atoms with van der Waals surface area (Å²) in [4.78, 5) is 24.0. The number of carbonyl (C=O) groups excluding carboxylic acids is 2. The van der Waals surface area contributed by atoms with Crippen molar-refractivity contribution < 1.29 is 14.8 Å². The molecule has 1 heterocycles. The average Bonchev–Trinajstić information content (AvgIpc) is 3.26. The monoisotopic (exact) mass is 436 g/mol. The van der Waals surface area contributed by atoms with Gasteiger partial charge in [-0.3, -0.25) is 10.0 Å². The van der Waals surface area contributed by atoms with E-state index >= 15 is 0 Å². The van der Waals surface area contributed by atoms with E-state index in [0.29, 0.717) is 12.1 Å². The van der Waals surface area contributed by atoms with Crippen molar-refractivity contribution in [2.24, 2.45) is 5.92 Å². The van der Waals surface area contributed by atoms with Gasteiger partial charge in [-0.1, -0.05) is 79.7 Å². The Morgan fingerprint density at radius 1 is 1.00 bits per heavy atom. The molecule has 3 amide bonds. The number of aromatic nitrogens is 3. The van der Waals surface area contributed by atoms with Gasteiger partial charge in [-0.15, -0.1) is 5.10 Å². The van der Waals surface area contributed by atoms with E-state index in [4.69, 9.17) is 5.21 Å². The van der Waals surface area contributed by atoms with Gasteiger partial charge in [0.25, 0.3) is 5.91 Å². The van der Waals surface area contributed by atoms with Crippen LogP contribution in [0.4, 0.5) is 4.79 Å². The van der Waals surface area contributed by atoms with E-state index in [0.717, 1.165) is 11.1 Å². The number of hydrogen-bond donors (Lipinski definition) is 4. The van der Waals surface area contributed by atoms with Crippen molar-refractivity contribution in [3.63, 3.8) is 0 Å². The lowest BCUT2D eigenvalue weighted by atomic mass is 9.99. The van der Waals surface area contributed by atoms with Crippen LogP contribution in [0, 0.1) is 5.92 Å². The van der Waals surface area contributed by atoms with E-state index in [1.807, 2.05) is 74.5 Å². The van der Waals surface area contributed by atoms with E-state index in [9.17, 15) is 9.59 Å². The molecule has 0 spiro atoms. The summed E-state index contributed by atoms with van der Waals surface area (Å²) in [6.07, 6.45) is 2.18. The van der Waals surface area contributed by atoms with Crippen LogP contribution in [0.3, 0.4) is 0 Å². The number of nitrogens with zero attached hydrogens (tertiary/aromatic N) is 3. The fourth-order valence-corrected chi connectivity index (χ4v) is 3.45. The number of nitrogens with one attached hydrogen (secondary N) is 3. The van der Waals surface area contributed by atoms with Crippen LogP contribution < -0.4 is 16.1 Å². The first-order valence-corrected chi connectivity index (χ1v) is 10.5. The molecule has 3 aromatic rings. The molecule has 9 nitrogen and oxygen atoms in total. The van der Waals surface area contributed by atoms with Crippen molar-refractivity contribution in [3.05, 3.63) is 83.7 Å². The number of hydroxylamine groups is 1. The third kappa shape index (κ3) is 6.14. The summed E-state index contributed by atoms with van der Waals surface area (Å²) >= 11 is 0. The fourth-order valence-electron chi connectivity index (χ4n) is 3.45. The summed E-state index contributed by atoms with van der Waals surface area (Å²) in [6, 6.07) is 18.4. The molecule has 0 saturated carbocycles.